The van der Waals surface area contributed by atoms with Gasteiger partial charge in [-0.3, -0.25) is 13.8 Å². The molecule has 0 aliphatic heterocycles. The van der Waals surface area contributed by atoms with Gasteiger partial charge < -0.3 is 5.32 Å². The van der Waals surface area contributed by atoms with Crippen molar-refractivity contribution in [1.82, 2.24) is 0 Å². The number of halogens is 1. The summed E-state index contributed by atoms with van der Waals surface area (Å²) in [6, 6.07) is 26.5. The monoisotopic (exact) mass is 569 g/mol. The zero-order valence-corrected chi connectivity index (χ0v) is 22.6. The molecule has 2 N–H and O–H groups in total. The fourth-order valence-electron chi connectivity index (χ4n) is 3.64. The first-order valence-corrected chi connectivity index (χ1v) is 14.7. The van der Waals surface area contributed by atoms with Gasteiger partial charge in [0.25, 0.3) is 20.0 Å². The van der Waals surface area contributed by atoms with E-state index >= 15 is 0 Å². The van der Waals surface area contributed by atoms with Crippen molar-refractivity contribution < 1.29 is 21.6 Å². The van der Waals surface area contributed by atoms with Crippen LogP contribution in [-0.2, 0) is 24.8 Å². The molecule has 11 heteroatoms. The Bertz CT molecular complexity index is 1660. The first-order valence-electron chi connectivity index (χ1n) is 11.4. The Morgan fingerprint density at radius 3 is 2.11 bits per heavy atom. The number of sulfonamides is 2. The lowest BCUT2D eigenvalue weighted by Crippen LogP contribution is -2.38. The van der Waals surface area contributed by atoms with E-state index in [1.54, 1.807) is 54.6 Å². The first kappa shape index (κ1) is 27.2. The molecule has 1 amide bonds. The molecule has 4 aromatic carbocycles. The topological polar surface area (TPSA) is 113 Å². The second-order valence-electron chi connectivity index (χ2n) is 8.35. The Labute approximate surface area is 227 Å². The number of carbonyl (C=O) groups excluding carboxylic acids is 1. The molecule has 4 aromatic rings. The molecule has 0 aromatic heterocycles. The van der Waals surface area contributed by atoms with E-state index in [-0.39, 0.29) is 15.5 Å². The number of rotatable bonds is 9. The van der Waals surface area contributed by atoms with E-state index in [2.05, 4.69) is 10.0 Å². The quantitative estimate of drug-likeness (QED) is 0.285. The van der Waals surface area contributed by atoms with Crippen molar-refractivity contribution in [2.75, 3.05) is 20.9 Å². The van der Waals surface area contributed by atoms with E-state index in [1.807, 2.05) is 13.0 Å². The maximum Gasteiger partial charge on any atom is 0.264 e. The predicted octanol–water partition coefficient (Wildman–Crippen LogP) is 5.28. The van der Waals surface area contributed by atoms with Gasteiger partial charge in [-0.1, -0.05) is 48.0 Å². The molecule has 8 nitrogen and oxygen atoms in total. The fraction of sp³-hybridized carbons (Fsp3) is 0.0741. The molecule has 0 bridgehead atoms. The van der Waals surface area contributed by atoms with Gasteiger partial charge in [-0.05, 0) is 79.2 Å². The largest absolute Gasteiger partial charge is 0.325 e. The number of amides is 1. The molecular formula is C27H24ClN3O5S2. The van der Waals surface area contributed by atoms with Crippen LogP contribution in [0.5, 0.6) is 0 Å². The normalized spacial score (nSPS) is 11.5. The highest BCUT2D eigenvalue weighted by Crippen LogP contribution is 2.26. The molecular weight excluding hydrogens is 546 g/mol. The Morgan fingerprint density at radius 1 is 0.763 bits per heavy atom. The van der Waals surface area contributed by atoms with Gasteiger partial charge in [0.15, 0.2) is 0 Å². The third-order valence-corrected chi connectivity index (χ3v) is 8.85. The zero-order chi connectivity index (χ0) is 27.3. The minimum atomic E-state index is -4.09. The molecule has 0 aliphatic rings. The van der Waals surface area contributed by atoms with Crippen LogP contribution in [0.15, 0.2) is 113 Å². The first-order chi connectivity index (χ1) is 18.0. The summed E-state index contributed by atoms with van der Waals surface area (Å²) in [7, 11) is -7.94. The van der Waals surface area contributed by atoms with Gasteiger partial charge in [0.05, 0.1) is 15.5 Å². The van der Waals surface area contributed by atoms with Gasteiger partial charge in [0.2, 0.25) is 5.91 Å². The van der Waals surface area contributed by atoms with Crippen LogP contribution in [0.1, 0.15) is 5.56 Å². The van der Waals surface area contributed by atoms with E-state index in [1.165, 1.54) is 42.5 Å². The van der Waals surface area contributed by atoms with Crippen molar-refractivity contribution in [3.63, 3.8) is 0 Å². The van der Waals surface area contributed by atoms with Crippen LogP contribution in [0.4, 0.5) is 17.1 Å². The molecule has 4 rings (SSSR count). The van der Waals surface area contributed by atoms with E-state index in [0.717, 1.165) is 9.87 Å². The van der Waals surface area contributed by atoms with E-state index < -0.39 is 32.5 Å². The van der Waals surface area contributed by atoms with Crippen molar-refractivity contribution in [3.05, 3.63) is 114 Å². The smallest absolute Gasteiger partial charge is 0.264 e. The molecule has 0 spiro atoms. The summed E-state index contributed by atoms with van der Waals surface area (Å²) in [4.78, 5) is 13.0. The Morgan fingerprint density at radius 2 is 1.45 bits per heavy atom. The van der Waals surface area contributed by atoms with Crippen LogP contribution >= 0.6 is 11.6 Å². The SMILES string of the molecule is Cc1cccc(NS(=O)(=O)c2ccc(NC(=O)CN(c3cccc(Cl)c3)S(=O)(=O)c3ccccc3)cc2)c1. The minimum Gasteiger partial charge on any atom is -0.325 e. The highest BCUT2D eigenvalue weighted by Gasteiger charge is 2.27. The van der Waals surface area contributed by atoms with E-state index in [4.69, 9.17) is 11.6 Å². The summed E-state index contributed by atoms with van der Waals surface area (Å²) in [6.45, 7) is 1.32. The number of nitrogens with one attached hydrogen (secondary N) is 2. The molecule has 38 heavy (non-hydrogen) atoms. The van der Waals surface area contributed by atoms with Gasteiger partial charge >= 0.3 is 0 Å². The van der Waals surface area contributed by atoms with Gasteiger partial charge in [-0.25, -0.2) is 16.8 Å². The van der Waals surface area contributed by atoms with E-state index in [0.29, 0.717) is 16.4 Å². The lowest BCUT2D eigenvalue weighted by atomic mass is 10.2. The van der Waals surface area contributed by atoms with Gasteiger partial charge in [0.1, 0.15) is 6.54 Å². The third kappa shape index (κ3) is 6.52. The lowest BCUT2D eigenvalue weighted by molar-refractivity contribution is -0.114. The summed E-state index contributed by atoms with van der Waals surface area (Å²) >= 11 is 6.09. The summed E-state index contributed by atoms with van der Waals surface area (Å²) in [5.74, 6) is -0.627. The summed E-state index contributed by atoms with van der Waals surface area (Å²) < 4.78 is 55.7. The summed E-state index contributed by atoms with van der Waals surface area (Å²) in [6.07, 6.45) is 0. The van der Waals surface area contributed by atoms with Crippen molar-refractivity contribution >= 4 is 54.6 Å². The van der Waals surface area contributed by atoms with Crippen molar-refractivity contribution in [2.45, 2.75) is 16.7 Å². The van der Waals surface area contributed by atoms with Gasteiger partial charge in [0, 0.05) is 16.4 Å². The van der Waals surface area contributed by atoms with Crippen molar-refractivity contribution in [3.8, 4) is 0 Å². The number of benzene rings is 4. The second-order valence-corrected chi connectivity index (χ2v) is 12.3. The number of hydrogen-bond acceptors (Lipinski definition) is 5. The van der Waals surface area contributed by atoms with Gasteiger partial charge in [-0.15, -0.1) is 0 Å². The second kappa shape index (κ2) is 11.3. The van der Waals surface area contributed by atoms with Crippen LogP contribution < -0.4 is 14.3 Å². The Kier molecular flexibility index (Phi) is 8.05. The number of aryl methyl sites for hydroxylation is 1. The standard InChI is InChI=1S/C27H24ClN3O5S2/c1-20-7-5-9-23(17-20)30-37(33,34)25-15-13-22(14-16-25)29-27(32)19-31(24-10-6-8-21(28)18-24)38(35,36)26-11-3-2-4-12-26/h2-18,30H,19H2,1H3,(H,29,32). The van der Waals surface area contributed by atoms with E-state index in [9.17, 15) is 21.6 Å². The molecule has 196 valence electrons. The molecule has 0 fully saturated rings. The van der Waals surface area contributed by atoms with Gasteiger partial charge in [-0.2, -0.15) is 0 Å². The third-order valence-electron chi connectivity index (χ3n) is 5.43. The summed E-state index contributed by atoms with van der Waals surface area (Å²) in [5.41, 5.74) is 1.86. The average molecular weight is 570 g/mol. The lowest BCUT2D eigenvalue weighted by Gasteiger charge is -2.24. The molecule has 0 saturated heterocycles. The maximum absolute atomic E-state index is 13.4. The van der Waals surface area contributed by atoms with Crippen LogP contribution in [0.25, 0.3) is 0 Å². The number of hydrogen-bond donors (Lipinski definition) is 2. The van der Waals surface area contributed by atoms with Crippen LogP contribution in [0, 0.1) is 6.92 Å². The molecule has 0 heterocycles. The van der Waals surface area contributed by atoms with Crippen LogP contribution in [-0.4, -0.2) is 29.3 Å². The van der Waals surface area contributed by atoms with Crippen molar-refractivity contribution in [2.24, 2.45) is 0 Å². The fourth-order valence-corrected chi connectivity index (χ4v) is 6.30. The predicted molar refractivity (Wildman–Crippen MR) is 149 cm³/mol. The molecule has 0 unspecified atom stereocenters. The zero-order valence-electron chi connectivity index (χ0n) is 20.2. The number of carbonyl (C=O) groups is 1. The Balaban J connectivity index is 1.52. The molecule has 0 aliphatic carbocycles. The van der Waals surface area contributed by atoms with Crippen LogP contribution in [0.2, 0.25) is 5.02 Å². The summed E-state index contributed by atoms with van der Waals surface area (Å²) in [5, 5.41) is 2.94. The number of anilines is 3. The number of nitrogens with zero attached hydrogens (tertiary/aromatic N) is 1. The minimum absolute atomic E-state index is 0.00390. The molecule has 0 atom stereocenters. The molecule has 0 radical (unpaired) electrons. The average Bonchev–Trinajstić information content (AvgIpc) is 2.88. The molecule has 0 saturated carbocycles. The maximum atomic E-state index is 13.4. The highest BCUT2D eigenvalue weighted by atomic mass is 35.5. The Hall–Kier alpha value is -3.86. The van der Waals surface area contributed by atoms with Crippen LogP contribution in [0.3, 0.4) is 0 Å². The van der Waals surface area contributed by atoms with Crippen molar-refractivity contribution in [1.29, 1.82) is 0 Å². The highest BCUT2D eigenvalue weighted by molar-refractivity contribution is 7.93.